The van der Waals surface area contributed by atoms with Crippen LogP contribution in [0.5, 0.6) is 11.5 Å². The minimum atomic E-state index is -1.40. The maximum absolute atomic E-state index is 14.7. The molecular formula is C34H36ClFN2O9. The number of fused-ring (bicyclic) bond motifs is 1. The largest absolute Gasteiger partial charge is 0.493 e. The fraction of sp³-hybridized carbons (Fsp3) is 0.353. The number of methoxy groups -OCH3 is 3. The predicted molar refractivity (Wildman–Crippen MR) is 171 cm³/mol. The first kappa shape index (κ1) is 35.2. The summed E-state index contributed by atoms with van der Waals surface area (Å²) in [5, 5.41) is 2.81. The van der Waals surface area contributed by atoms with Crippen LogP contribution in [0.2, 0.25) is 5.02 Å². The van der Waals surface area contributed by atoms with E-state index in [0.29, 0.717) is 33.3 Å². The number of halogens is 2. The van der Waals surface area contributed by atoms with Crippen molar-refractivity contribution in [3.8, 4) is 11.5 Å². The normalized spacial score (nSPS) is 16.1. The van der Waals surface area contributed by atoms with Gasteiger partial charge >= 0.3 is 11.9 Å². The van der Waals surface area contributed by atoms with Gasteiger partial charge in [-0.2, -0.15) is 0 Å². The molecule has 1 N–H and O–H groups in total. The van der Waals surface area contributed by atoms with Gasteiger partial charge in [0, 0.05) is 40.7 Å². The van der Waals surface area contributed by atoms with Crippen LogP contribution in [0.1, 0.15) is 54.8 Å². The van der Waals surface area contributed by atoms with Crippen molar-refractivity contribution in [3.05, 3.63) is 82.1 Å². The molecular weight excluding hydrogens is 635 g/mol. The zero-order valence-electron chi connectivity index (χ0n) is 26.8. The van der Waals surface area contributed by atoms with Crippen LogP contribution in [0, 0.1) is 11.2 Å². The molecule has 0 fully saturated rings. The lowest BCUT2D eigenvalue weighted by molar-refractivity contribution is -0.144. The highest BCUT2D eigenvalue weighted by Gasteiger charge is 2.41. The highest BCUT2D eigenvalue weighted by Crippen LogP contribution is 2.45. The zero-order valence-corrected chi connectivity index (χ0v) is 27.6. The molecule has 0 radical (unpaired) electrons. The van der Waals surface area contributed by atoms with Crippen molar-refractivity contribution < 1.29 is 47.3 Å². The lowest BCUT2D eigenvalue weighted by Crippen LogP contribution is -2.46. The van der Waals surface area contributed by atoms with E-state index >= 15 is 0 Å². The van der Waals surface area contributed by atoms with E-state index in [1.165, 1.54) is 39.2 Å². The topological polar surface area (TPSA) is 130 Å². The van der Waals surface area contributed by atoms with E-state index in [1.54, 1.807) is 36.4 Å². The molecule has 0 saturated carbocycles. The first-order chi connectivity index (χ1) is 22.3. The van der Waals surface area contributed by atoms with Crippen LogP contribution < -0.4 is 19.7 Å². The number of ether oxygens (including phenoxy) is 5. The number of nitrogens with one attached hydrogen (secondary N) is 1. The SMILES string of the molecule is COC(=O)c1ccc(F)c(NC(=O)C[C@H]2O[C@H](c3cccc(OC)c3OC)c3cc(Cl)ccc3N(CC(C)(C)COC(C)=O)C2=O)c1. The van der Waals surface area contributed by atoms with Crippen LogP contribution in [-0.2, 0) is 28.6 Å². The Morgan fingerprint density at radius 3 is 2.43 bits per heavy atom. The molecule has 3 aromatic carbocycles. The van der Waals surface area contributed by atoms with Crippen molar-refractivity contribution in [2.75, 3.05) is 44.7 Å². The molecule has 2 atom stereocenters. The van der Waals surface area contributed by atoms with E-state index in [2.05, 4.69) is 5.32 Å². The molecule has 250 valence electrons. The third kappa shape index (κ3) is 8.19. The van der Waals surface area contributed by atoms with Crippen LogP contribution in [0.4, 0.5) is 15.8 Å². The Hall–Kier alpha value is -4.68. The van der Waals surface area contributed by atoms with Crippen LogP contribution in [-0.4, -0.2) is 64.3 Å². The van der Waals surface area contributed by atoms with E-state index in [4.69, 9.17) is 35.3 Å². The molecule has 4 rings (SSSR count). The van der Waals surface area contributed by atoms with Gasteiger partial charge in [-0.3, -0.25) is 14.4 Å². The highest BCUT2D eigenvalue weighted by atomic mass is 35.5. The molecule has 2 amide bonds. The Morgan fingerprint density at radius 1 is 1.02 bits per heavy atom. The molecule has 13 heteroatoms. The highest BCUT2D eigenvalue weighted by molar-refractivity contribution is 6.30. The van der Waals surface area contributed by atoms with E-state index in [-0.39, 0.29) is 24.4 Å². The molecule has 0 unspecified atom stereocenters. The van der Waals surface area contributed by atoms with Gasteiger partial charge in [0.05, 0.1) is 45.6 Å². The van der Waals surface area contributed by atoms with Crippen LogP contribution >= 0.6 is 11.6 Å². The second-order valence-electron chi connectivity index (χ2n) is 11.6. The molecule has 1 aliphatic heterocycles. The number of amides is 2. The van der Waals surface area contributed by atoms with Crippen molar-refractivity contribution in [1.82, 2.24) is 0 Å². The van der Waals surface area contributed by atoms with E-state index in [0.717, 1.165) is 12.1 Å². The standard InChI is InChI=1S/C34H36ClFN2O9/c1-19(39)46-18-34(2,3)17-38-26-13-11-21(35)15-23(26)30(22-8-7-9-27(43-4)31(22)44-5)47-28(32(38)41)16-29(40)37-25-14-20(33(42)45-6)10-12-24(25)36/h7-15,28,30H,16-18H2,1-6H3,(H,37,40)/t28-,30-/m1/s1. The monoisotopic (exact) mass is 670 g/mol. The number of rotatable bonds is 11. The number of carbonyl (C=O) groups is 4. The van der Waals surface area contributed by atoms with Gasteiger partial charge < -0.3 is 33.9 Å². The summed E-state index contributed by atoms with van der Waals surface area (Å²) in [5.74, 6) is -2.58. The summed E-state index contributed by atoms with van der Waals surface area (Å²) in [7, 11) is 4.13. The van der Waals surface area contributed by atoms with Gasteiger partial charge in [-0.05, 0) is 42.5 Å². The molecule has 0 bridgehead atoms. The van der Waals surface area contributed by atoms with Gasteiger partial charge in [-0.1, -0.05) is 37.6 Å². The Kier molecular flexibility index (Phi) is 11.1. The van der Waals surface area contributed by atoms with E-state index < -0.39 is 53.6 Å². The van der Waals surface area contributed by atoms with E-state index in [1.807, 2.05) is 13.8 Å². The van der Waals surface area contributed by atoms with Gasteiger partial charge in [0.25, 0.3) is 5.91 Å². The molecule has 11 nitrogen and oxygen atoms in total. The van der Waals surface area contributed by atoms with Crippen molar-refractivity contribution in [1.29, 1.82) is 0 Å². The first-order valence-electron chi connectivity index (χ1n) is 14.6. The maximum Gasteiger partial charge on any atom is 0.337 e. The maximum atomic E-state index is 14.7. The van der Waals surface area contributed by atoms with Gasteiger partial charge in [0.15, 0.2) is 11.5 Å². The summed E-state index contributed by atoms with van der Waals surface area (Å²) < 4.78 is 42.4. The lowest BCUT2D eigenvalue weighted by atomic mass is 9.92. The Labute approximate surface area is 276 Å². The van der Waals surface area contributed by atoms with Gasteiger partial charge in [-0.15, -0.1) is 0 Å². The fourth-order valence-electron chi connectivity index (χ4n) is 5.23. The molecule has 0 saturated heterocycles. The summed E-state index contributed by atoms with van der Waals surface area (Å²) in [6.45, 7) is 5.01. The predicted octanol–water partition coefficient (Wildman–Crippen LogP) is 5.72. The minimum absolute atomic E-state index is 0.00396. The van der Waals surface area contributed by atoms with Crippen molar-refractivity contribution >= 4 is 46.7 Å². The quantitative estimate of drug-likeness (QED) is 0.255. The molecule has 0 aliphatic carbocycles. The first-order valence-corrected chi connectivity index (χ1v) is 14.9. The number of hydrogen-bond donors (Lipinski definition) is 1. The second kappa shape index (κ2) is 14.8. The molecule has 0 aromatic heterocycles. The van der Waals surface area contributed by atoms with E-state index in [9.17, 15) is 23.6 Å². The van der Waals surface area contributed by atoms with Crippen molar-refractivity contribution in [3.63, 3.8) is 0 Å². The van der Waals surface area contributed by atoms with Crippen molar-refractivity contribution in [2.24, 2.45) is 5.41 Å². The summed E-state index contributed by atoms with van der Waals surface area (Å²) in [6, 6.07) is 13.5. The van der Waals surface area contributed by atoms with Gasteiger partial charge in [0.2, 0.25) is 5.91 Å². The summed E-state index contributed by atoms with van der Waals surface area (Å²) in [4.78, 5) is 52.9. The summed E-state index contributed by atoms with van der Waals surface area (Å²) >= 11 is 6.48. The average molecular weight is 671 g/mol. The fourth-order valence-corrected chi connectivity index (χ4v) is 5.41. The third-order valence-corrected chi connectivity index (χ3v) is 7.64. The summed E-state index contributed by atoms with van der Waals surface area (Å²) in [6.07, 6.45) is -2.93. The smallest absolute Gasteiger partial charge is 0.337 e. The van der Waals surface area contributed by atoms with Gasteiger partial charge in [-0.25, -0.2) is 9.18 Å². The number of nitrogens with zero attached hydrogens (tertiary/aromatic N) is 1. The second-order valence-corrected chi connectivity index (χ2v) is 12.0. The lowest BCUT2D eigenvalue weighted by Gasteiger charge is -2.33. The number of para-hydroxylation sites is 1. The Balaban J connectivity index is 1.80. The van der Waals surface area contributed by atoms with Crippen molar-refractivity contribution in [2.45, 2.75) is 39.4 Å². The number of anilines is 2. The number of benzene rings is 3. The molecule has 0 spiro atoms. The third-order valence-electron chi connectivity index (χ3n) is 7.41. The number of hydrogen-bond acceptors (Lipinski definition) is 9. The Morgan fingerprint density at radius 2 is 1.77 bits per heavy atom. The number of esters is 2. The van der Waals surface area contributed by atoms with Crippen LogP contribution in [0.25, 0.3) is 0 Å². The average Bonchev–Trinajstić information content (AvgIpc) is 3.14. The van der Waals surface area contributed by atoms with Crippen LogP contribution in [0.3, 0.4) is 0 Å². The molecule has 1 heterocycles. The Bertz CT molecular complexity index is 1680. The zero-order chi connectivity index (χ0) is 34.5. The van der Waals surface area contributed by atoms with Crippen LogP contribution in [0.15, 0.2) is 54.6 Å². The number of carbonyl (C=O) groups excluding carboxylic acids is 4. The summed E-state index contributed by atoms with van der Waals surface area (Å²) in [5.41, 5.74) is 0.441. The molecule has 3 aromatic rings. The molecule has 1 aliphatic rings. The minimum Gasteiger partial charge on any atom is -0.493 e. The molecule has 47 heavy (non-hydrogen) atoms. The van der Waals surface area contributed by atoms with Gasteiger partial charge in [0.1, 0.15) is 18.0 Å².